The minimum Gasteiger partial charge on any atom is -0.460 e. The number of ether oxygens (including phenoxy) is 1. The highest BCUT2D eigenvalue weighted by Crippen LogP contribution is 2.45. The predicted molar refractivity (Wildman–Crippen MR) is 135 cm³/mol. The van der Waals surface area contributed by atoms with Gasteiger partial charge in [0.25, 0.3) is 5.56 Å². The number of nitrogens with zero attached hydrogens (tertiary/aromatic N) is 2. The summed E-state index contributed by atoms with van der Waals surface area (Å²) in [7, 11) is 0. The molecule has 0 aromatic carbocycles. The second-order valence-electron chi connectivity index (χ2n) is 7.11. The fourth-order valence-corrected chi connectivity index (χ4v) is 7.25. The monoisotopic (exact) mass is 612 g/mol. The quantitative estimate of drug-likeness (QED) is 0.212. The van der Waals surface area contributed by atoms with E-state index in [0.29, 0.717) is 38.6 Å². The summed E-state index contributed by atoms with van der Waals surface area (Å²) in [5.41, 5.74) is 0.539. The molecule has 6 nitrogen and oxygen atoms in total. The van der Waals surface area contributed by atoms with Gasteiger partial charge < -0.3 is 4.74 Å². The van der Waals surface area contributed by atoms with Crippen LogP contribution < -0.4 is 5.56 Å². The van der Waals surface area contributed by atoms with Crippen LogP contribution in [-0.4, -0.2) is 31.1 Å². The highest BCUT2D eigenvalue weighted by atomic mass is 79.9. The van der Waals surface area contributed by atoms with Gasteiger partial charge in [-0.25, -0.2) is 9.78 Å². The lowest BCUT2D eigenvalue weighted by Gasteiger charge is -2.23. The Kier molecular flexibility index (Phi) is 5.95. The molecule has 0 aliphatic heterocycles. The van der Waals surface area contributed by atoms with Gasteiger partial charge in [0.1, 0.15) is 19.5 Å². The lowest BCUT2D eigenvalue weighted by molar-refractivity contribution is 0.0496. The van der Waals surface area contributed by atoms with E-state index < -0.39 is 9.20 Å². The number of rotatable bonds is 5. The lowest BCUT2D eigenvalue weighted by Crippen LogP contribution is -2.31. The Morgan fingerprint density at radius 1 is 1.19 bits per heavy atom. The second kappa shape index (κ2) is 8.60. The van der Waals surface area contributed by atoms with E-state index in [1.54, 1.807) is 16.7 Å². The maximum Gasteiger partial charge on any atom is 0.348 e. The smallest absolute Gasteiger partial charge is 0.348 e. The third-order valence-electron chi connectivity index (χ3n) is 5.15. The average Bonchev–Trinajstić information content (AvgIpc) is 3.52. The van der Waals surface area contributed by atoms with Crippen molar-refractivity contribution in [2.45, 2.75) is 22.6 Å². The molecule has 0 bridgehead atoms. The van der Waals surface area contributed by atoms with Gasteiger partial charge in [0.05, 0.1) is 21.7 Å². The molecule has 0 N–H and O–H groups in total. The Hall–Kier alpha value is -1.66. The molecule has 0 saturated carbocycles. The lowest BCUT2D eigenvalue weighted by atomic mass is 9.96. The summed E-state index contributed by atoms with van der Waals surface area (Å²) in [6.07, 6.45) is 1.12. The van der Waals surface area contributed by atoms with Crippen molar-refractivity contribution in [3.8, 4) is 10.7 Å². The first-order chi connectivity index (χ1) is 15.4. The maximum atomic E-state index is 13.6. The largest absolute Gasteiger partial charge is 0.460 e. The van der Waals surface area contributed by atoms with Gasteiger partial charge in [-0.05, 0) is 41.3 Å². The summed E-state index contributed by atoms with van der Waals surface area (Å²) in [4.78, 5) is 46.0. The van der Waals surface area contributed by atoms with Crippen LogP contribution in [0.2, 0.25) is 0 Å². The first-order valence-electron chi connectivity index (χ1n) is 9.60. The average molecular weight is 614 g/mol. The predicted octanol–water partition coefficient (Wildman–Crippen LogP) is 5.72. The molecule has 1 aliphatic carbocycles. The van der Waals surface area contributed by atoms with E-state index in [4.69, 9.17) is 9.72 Å². The fraction of sp³-hybridized carbons (Fsp3) is 0.238. The molecule has 5 rings (SSSR count). The number of Topliss-reactive ketones (excluding diaryl/α,β-unsaturated/α-hetero) is 1. The fourth-order valence-electron chi connectivity index (χ4n) is 3.62. The summed E-state index contributed by atoms with van der Waals surface area (Å²) in [6.45, 7) is 0.213. The Bertz CT molecular complexity index is 1390. The first-order valence-corrected chi connectivity index (χ1v) is 13.8. The Morgan fingerprint density at radius 2 is 1.97 bits per heavy atom. The summed E-state index contributed by atoms with van der Waals surface area (Å²) < 4.78 is 6.14. The molecule has 0 saturated heterocycles. The van der Waals surface area contributed by atoms with Crippen molar-refractivity contribution in [2.24, 2.45) is 0 Å². The van der Waals surface area contributed by atoms with Crippen LogP contribution in [0.5, 0.6) is 0 Å². The van der Waals surface area contributed by atoms with E-state index >= 15 is 0 Å². The number of aromatic nitrogens is 2. The molecule has 164 valence electrons. The molecular formula is C21H14Br2N2O4S3. The molecule has 0 atom stereocenters. The van der Waals surface area contributed by atoms with Crippen LogP contribution in [0.1, 0.15) is 31.3 Å². The minimum atomic E-state index is -0.806. The number of thiophene rings is 3. The molecule has 4 aromatic rings. The van der Waals surface area contributed by atoms with Crippen molar-refractivity contribution in [3.05, 3.63) is 60.7 Å². The maximum absolute atomic E-state index is 13.6. The highest BCUT2D eigenvalue weighted by Gasteiger charge is 2.41. The molecule has 0 spiro atoms. The second-order valence-corrected chi connectivity index (χ2v) is 13.8. The van der Waals surface area contributed by atoms with E-state index in [1.165, 1.54) is 34.0 Å². The molecule has 4 aromatic heterocycles. The summed E-state index contributed by atoms with van der Waals surface area (Å²) in [6, 6.07) is 7.28. The molecule has 4 heterocycles. The van der Waals surface area contributed by atoms with Gasteiger partial charge >= 0.3 is 5.97 Å². The molecule has 0 radical (unpaired) electrons. The minimum absolute atomic E-state index is 0.0410. The molecule has 0 fully saturated rings. The van der Waals surface area contributed by atoms with E-state index in [-0.39, 0.29) is 24.5 Å². The van der Waals surface area contributed by atoms with Gasteiger partial charge in [-0.3, -0.25) is 14.2 Å². The number of halogens is 2. The number of carbonyl (C=O) groups excluding carboxylic acids is 2. The van der Waals surface area contributed by atoms with Crippen LogP contribution >= 0.6 is 65.9 Å². The van der Waals surface area contributed by atoms with Crippen molar-refractivity contribution >= 4 is 87.8 Å². The molecule has 11 heteroatoms. The number of esters is 1. The summed E-state index contributed by atoms with van der Waals surface area (Å²) in [5, 5.41) is 4.21. The van der Waals surface area contributed by atoms with Crippen LogP contribution in [-0.2, 0) is 17.7 Å². The van der Waals surface area contributed by atoms with Crippen LogP contribution in [0, 0.1) is 0 Å². The number of carbonyl (C=O) groups is 2. The number of fused-ring (bicyclic) bond motifs is 3. The van der Waals surface area contributed by atoms with Crippen molar-refractivity contribution in [3.63, 3.8) is 0 Å². The van der Waals surface area contributed by atoms with E-state index in [1.807, 2.05) is 22.9 Å². The number of alkyl halides is 2. The number of hydrogen-bond acceptors (Lipinski definition) is 8. The van der Waals surface area contributed by atoms with Gasteiger partial charge in [-0.1, -0.05) is 44.0 Å². The summed E-state index contributed by atoms with van der Waals surface area (Å²) >= 11 is 10.9. The first kappa shape index (κ1) is 22.1. The third-order valence-corrected chi connectivity index (χ3v) is 9.50. The normalized spacial score (nSPS) is 15.1. The zero-order chi connectivity index (χ0) is 22.5. The Morgan fingerprint density at radius 3 is 2.69 bits per heavy atom. The van der Waals surface area contributed by atoms with Crippen molar-refractivity contribution in [2.75, 3.05) is 6.61 Å². The summed E-state index contributed by atoms with van der Waals surface area (Å²) in [5.74, 6) is 0.0131. The van der Waals surface area contributed by atoms with Crippen LogP contribution in [0.4, 0.5) is 0 Å². The van der Waals surface area contributed by atoms with Gasteiger partial charge in [0, 0.05) is 0 Å². The zero-order valence-corrected chi connectivity index (χ0v) is 21.9. The molecule has 32 heavy (non-hydrogen) atoms. The van der Waals surface area contributed by atoms with Crippen molar-refractivity contribution in [1.29, 1.82) is 0 Å². The highest BCUT2D eigenvalue weighted by molar-refractivity contribution is 9.26. The van der Waals surface area contributed by atoms with Gasteiger partial charge in [0.2, 0.25) is 0 Å². The standard InChI is InChI=1S/C21H14Br2N2O4S3/c22-21(23)6-5-11-14-18(32-15(11)16(21)26)24-17(12-3-1-9-30-12)25(19(14)27)7-8-29-20(28)13-4-2-10-31-13/h1-4,9-10H,5-8H2. The van der Waals surface area contributed by atoms with E-state index in [2.05, 4.69) is 31.9 Å². The number of aryl methyl sites for hydroxylation is 1. The molecule has 0 unspecified atom stereocenters. The molecule has 1 aliphatic rings. The Labute approximate surface area is 211 Å². The third kappa shape index (κ3) is 3.83. The van der Waals surface area contributed by atoms with Crippen LogP contribution in [0.25, 0.3) is 20.9 Å². The molecule has 0 amide bonds. The van der Waals surface area contributed by atoms with Crippen LogP contribution in [0.15, 0.2) is 39.8 Å². The topological polar surface area (TPSA) is 78.3 Å². The number of hydrogen-bond donors (Lipinski definition) is 0. The van der Waals surface area contributed by atoms with Crippen molar-refractivity contribution < 1.29 is 14.3 Å². The number of ketones is 1. The van der Waals surface area contributed by atoms with Crippen molar-refractivity contribution in [1.82, 2.24) is 9.55 Å². The van der Waals surface area contributed by atoms with Gasteiger partial charge in [0.15, 0.2) is 11.6 Å². The Balaban J connectivity index is 1.57. The van der Waals surface area contributed by atoms with Gasteiger partial charge in [-0.2, -0.15) is 0 Å². The zero-order valence-electron chi connectivity index (χ0n) is 16.3. The van der Waals surface area contributed by atoms with Gasteiger partial charge in [-0.15, -0.1) is 34.0 Å². The van der Waals surface area contributed by atoms with E-state index in [0.717, 1.165) is 10.4 Å². The SMILES string of the molecule is O=C(OCCn1c(-c2cccs2)nc2sc3c(c2c1=O)CCC(Br)(Br)C3=O)c1cccs1. The molecular weight excluding hydrogens is 600 g/mol. The van der Waals surface area contributed by atoms with Crippen LogP contribution in [0.3, 0.4) is 0 Å². The van der Waals surface area contributed by atoms with E-state index in [9.17, 15) is 14.4 Å².